The number of pyridine rings is 1. The summed E-state index contributed by atoms with van der Waals surface area (Å²) < 4.78 is 20.6. The molecule has 0 saturated carbocycles. The Balaban J connectivity index is 1.96. The van der Waals surface area contributed by atoms with Crippen LogP contribution in [0.25, 0.3) is 0 Å². The molecule has 5 nitrogen and oxygen atoms in total. The second-order valence-electron chi connectivity index (χ2n) is 9.74. The highest BCUT2D eigenvalue weighted by atomic mass is 19.1. The van der Waals surface area contributed by atoms with Gasteiger partial charge in [0.05, 0.1) is 6.10 Å². The zero-order chi connectivity index (χ0) is 22.5. The normalized spacial score (nSPS) is 21.8. The van der Waals surface area contributed by atoms with E-state index in [1.165, 1.54) is 6.07 Å². The third-order valence-electron chi connectivity index (χ3n) is 6.36. The predicted octanol–water partition coefficient (Wildman–Crippen LogP) is 5.12. The quantitative estimate of drug-likeness (QED) is 0.695. The fraction of sp³-hybridized carbons (Fsp3) is 0.480. The van der Waals surface area contributed by atoms with Gasteiger partial charge in [-0.25, -0.2) is 14.4 Å². The van der Waals surface area contributed by atoms with E-state index in [1.807, 2.05) is 0 Å². The van der Waals surface area contributed by atoms with Crippen molar-refractivity contribution in [2.75, 3.05) is 5.73 Å². The number of aliphatic imine (C=N–C) groups is 1. The summed E-state index contributed by atoms with van der Waals surface area (Å²) in [7, 11) is 0. The zero-order valence-electron chi connectivity index (χ0n) is 18.8. The van der Waals surface area contributed by atoms with Gasteiger partial charge in [0, 0.05) is 28.6 Å². The molecule has 0 radical (unpaired) electrons. The summed E-state index contributed by atoms with van der Waals surface area (Å²) in [5.74, 6) is -1.70. The lowest BCUT2D eigenvalue weighted by atomic mass is 9.71. The van der Waals surface area contributed by atoms with Crippen LogP contribution in [0.5, 0.6) is 0 Å². The third-order valence-corrected chi connectivity index (χ3v) is 6.36. The van der Waals surface area contributed by atoms with Gasteiger partial charge in [-0.1, -0.05) is 32.0 Å². The number of esters is 1. The molecule has 2 N–H and O–H groups in total. The minimum atomic E-state index is -0.759. The van der Waals surface area contributed by atoms with Crippen molar-refractivity contribution in [3.05, 3.63) is 52.5 Å². The lowest BCUT2D eigenvalue weighted by molar-refractivity contribution is -0.150. The van der Waals surface area contributed by atoms with Gasteiger partial charge in [-0.2, -0.15) is 0 Å². The number of hydrogen-bond acceptors (Lipinski definition) is 5. The van der Waals surface area contributed by atoms with Gasteiger partial charge in [0.15, 0.2) is 5.82 Å². The summed E-state index contributed by atoms with van der Waals surface area (Å²) in [6, 6.07) is 6.53. The number of fused-ring (bicyclic) bond motifs is 2. The van der Waals surface area contributed by atoms with Crippen molar-refractivity contribution < 1.29 is 13.9 Å². The molecule has 164 valence electrons. The molecule has 1 aromatic carbocycles. The van der Waals surface area contributed by atoms with Crippen LogP contribution < -0.4 is 5.73 Å². The minimum absolute atomic E-state index is 0.106. The van der Waals surface area contributed by atoms with E-state index in [0.717, 1.165) is 30.5 Å². The summed E-state index contributed by atoms with van der Waals surface area (Å²) in [4.78, 5) is 22.7. The number of aromatic nitrogens is 1. The molecule has 2 heterocycles. The van der Waals surface area contributed by atoms with E-state index >= 15 is 4.39 Å². The van der Waals surface area contributed by atoms with Crippen LogP contribution in [0.4, 0.5) is 15.9 Å². The number of nitrogens with zero attached hydrogens (tertiary/aromatic N) is 2. The van der Waals surface area contributed by atoms with E-state index in [-0.39, 0.29) is 17.3 Å². The molecule has 0 bridgehead atoms. The second kappa shape index (κ2) is 7.74. The van der Waals surface area contributed by atoms with Crippen LogP contribution in [0.3, 0.4) is 0 Å². The van der Waals surface area contributed by atoms with Crippen molar-refractivity contribution in [3.8, 4) is 0 Å². The van der Waals surface area contributed by atoms with Gasteiger partial charge in [-0.05, 0) is 62.6 Å². The first-order valence-corrected chi connectivity index (χ1v) is 10.9. The molecule has 1 aliphatic carbocycles. The average molecular weight is 424 g/mol. The van der Waals surface area contributed by atoms with Crippen LogP contribution in [-0.2, 0) is 22.4 Å². The number of benzene rings is 1. The number of ether oxygens (including phenoxy) is 1. The Kier molecular flexibility index (Phi) is 5.36. The molecular formula is C25H30FN3O2. The minimum Gasteiger partial charge on any atom is -0.462 e. The molecule has 1 aliphatic heterocycles. The third kappa shape index (κ3) is 3.84. The Morgan fingerprint density at radius 2 is 2.00 bits per heavy atom. The standard InChI is InChI=1S/C25H30FN3O2/c1-13(2)31-24(30)19-14(3)28-23-21(20(19)15-8-6-7-9-17(15)26)22(27)16-12-25(4,5)11-10-18(16)29-23/h6-9,13,19-20H,10-12H2,1-5H3,(H2,27,29). The molecular weight excluding hydrogens is 393 g/mol. The largest absolute Gasteiger partial charge is 0.462 e. The molecule has 0 amide bonds. The topological polar surface area (TPSA) is 77.6 Å². The fourth-order valence-electron chi connectivity index (χ4n) is 4.83. The summed E-state index contributed by atoms with van der Waals surface area (Å²) in [5.41, 5.74) is 11.0. The molecule has 6 heteroatoms. The van der Waals surface area contributed by atoms with Crippen molar-refractivity contribution in [2.24, 2.45) is 16.3 Å². The first kappa shape index (κ1) is 21.5. The summed E-state index contributed by atoms with van der Waals surface area (Å²) in [6.45, 7) is 9.81. The van der Waals surface area contributed by atoms with E-state index in [9.17, 15) is 4.79 Å². The van der Waals surface area contributed by atoms with Crippen molar-refractivity contribution in [2.45, 2.75) is 65.9 Å². The van der Waals surface area contributed by atoms with Crippen LogP contribution >= 0.6 is 0 Å². The van der Waals surface area contributed by atoms with Crippen molar-refractivity contribution >= 4 is 23.2 Å². The Hall–Kier alpha value is -2.76. The Labute approximate surface area is 182 Å². The highest BCUT2D eigenvalue weighted by molar-refractivity contribution is 6.05. The highest BCUT2D eigenvalue weighted by Gasteiger charge is 2.43. The lowest BCUT2D eigenvalue weighted by Gasteiger charge is -2.36. The van der Waals surface area contributed by atoms with Crippen LogP contribution in [0.1, 0.15) is 69.3 Å². The molecule has 2 aliphatic rings. The van der Waals surface area contributed by atoms with Gasteiger partial charge in [0.25, 0.3) is 0 Å². The maximum atomic E-state index is 15.0. The smallest absolute Gasteiger partial charge is 0.315 e. The van der Waals surface area contributed by atoms with Gasteiger partial charge in [-0.15, -0.1) is 0 Å². The number of aryl methyl sites for hydroxylation is 1. The van der Waals surface area contributed by atoms with E-state index in [1.54, 1.807) is 39.0 Å². The summed E-state index contributed by atoms with van der Waals surface area (Å²) in [5, 5.41) is 0. The molecule has 0 saturated heterocycles. The number of carbonyl (C=O) groups excluding carboxylic acids is 1. The van der Waals surface area contributed by atoms with E-state index in [4.69, 9.17) is 15.5 Å². The monoisotopic (exact) mass is 423 g/mol. The number of halogens is 1. The van der Waals surface area contributed by atoms with Crippen LogP contribution in [-0.4, -0.2) is 22.8 Å². The van der Waals surface area contributed by atoms with Crippen molar-refractivity contribution in [1.29, 1.82) is 0 Å². The van der Waals surface area contributed by atoms with Crippen LogP contribution in [0.15, 0.2) is 29.3 Å². The zero-order valence-corrected chi connectivity index (χ0v) is 18.8. The first-order chi connectivity index (χ1) is 14.6. The number of hydrogen-bond donors (Lipinski definition) is 1. The maximum Gasteiger partial charge on any atom is 0.315 e. The van der Waals surface area contributed by atoms with Crippen molar-refractivity contribution in [3.63, 3.8) is 0 Å². The predicted molar refractivity (Wildman–Crippen MR) is 120 cm³/mol. The lowest BCUT2D eigenvalue weighted by Crippen LogP contribution is -2.36. The molecule has 31 heavy (non-hydrogen) atoms. The van der Waals surface area contributed by atoms with Crippen molar-refractivity contribution in [1.82, 2.24) is 4.98 Å². The maximum absolute atomic E-state index is 15.0. The fourth-order valence-corrected chi connectivity index (χ4v) is 4.83. The SMILES string of the molecule is CC1=Nc2nc3c(c(N)c2C(c2ccccc2F)C1C(=O)OC(C)C)CC(C)(C)CC3. The van der Waals surface area contributed by atoms with Gasteiger partial charge in [0.1, 0.15) is 11.7 Å². The first-order valence-electron chi connectivity index (χ1n) is 10.9. The van der Waals surface area contributed by atoms with Gasteiger partial charge >= 0.3 is 5.97 Å². The van der Waals surface area contributed by atoms with E-state index in [2.05, 4.69) is 18.8 Å². The Morgan fingerprint density at radius 3 is 2.68 bits per heavy atom. The molecule has 2 atom stereocenters. The van der Waals surface area contributed by atoms with Gasteiger partial charge < -0.3 is 10.5 Å². The highest BCUT2D eigenvalue weighted by Crippen LogP contribution is 2.49. The van der Waals surface area contributed by atoms with Crippen LogP contribution in [0, 0.1) is 17.2 Å². The summed E-state index contributed by atoms with van der Waals surface area (Å²) in [6.07, 6.45) is 2.36. The van der Waals surface area contributed by atoms with Gasteiger partial charge in [0.2, 0.25) is 0 Å². The number of nitrogen functional groups attached to an aromatic ring is 1. The van der Waals surface area contributed by atoms with Gasteiger partial charge in [-0.3, -0.25) is 4.79 Å². The Bertz CT molecular complexity index is 1070. The average Bonchev–Trinajstić information content (AvgIpc) is 2.67. The molecule has 1 aromatic heterocycles. The number of nitrogens with two attached hydrogens (primary N) is 1. The summed E-state index contributed by atoms with van der Waals surface area (Å²) >= 11 is 0. The molecule has 2 unspecified atom stereocenters. The molecule has 0 spiro atoms. The Morgan fingerprint density at radius 1 is 1.29 bits per heavy atom. The van der Waals surface area contributed by atoms with Crippen LogP contribution in [0.2, 0.25) is 0 Å². The molecule has 0 fully saturated rings. The number of carbonyl (C=O) groups is 1. The second-order valence-corrected chi connectivity index (χ2v) is 9.74. The molecule has 2 aromatic rings. The van der Waals surface area contributed by atoms with E-state index in [0.29, 0.717) is 28.3 Å². The molecule has 4 rings (SSSR count). The van der Waals surface area contributed by atoms with E-state index < -0.39 is 17.8 Å². The number of rotatable bonds is 3. The number of anilines is 1.